The normalized spacial score (nSPS) is 13.8. The molecule has 26 heavy (non-hydrogen) atoms. The fourth-order valence-corrected chi connectivity index (χ4v) is 3.14. The van der Waals surface area contributed by atoms with E-state index in [-0.39, 0.29) is 11.5 Å². The van der Waals surface area contributed by atoms with Gasteiger partial charge < -0.3 is 10.6 Å². The molecule has 0 bridgehead atoms. The molecular formula is C23H32N2S. The lowest BCUT2D eigenvalue weighted by molar-refractivity contribution is 0.589. The highest BCUT2D eigenvalue weighted by Crippen LogP contribution is 2.24. The summed E-state index contributed by atoms with van der Waals surface area (Å²) in [5.41, 5.74) is 5.13. The van der Waals surface area contributed by atoms with Gasteiger partial charge in [-0.05, 0) is 65.7 Å². The van der Waals surface area contributed by atoms with Gasteiger partial charge in [-0.1, -0.05) is 71.0 Å². The van der Waals surface area contributed by atoms with Gasteiger partial charge >= 0.3 is 0 Å². The van der Waals surface area contributed by atoms with Crippen LogP contribution in [0.25, 0.3) is 0 Å². The van der Waals surface area contributed by atoms with Crippen molar-refractivity contribution in [3.8, 4) is 0 Å². The molecule has 0 aromatic heterocycles. The minimum atomic E-state index is 0.156. The Hall–Kier alpha value is -1.87. The highest BCUT2D eigenvalue weighted by atomic mass is 32.1. The van der Waals surface area contributed by atoms with Crippen molar-refractivity contribution in [3.05, 3.63) is 65.2 Å². The van der Waals surface area contributed by atoms with Crippen LogP contribution < -0.4 is 10.6 Å². The van der Waals surface area contributed by atoms with Crippen molar-refractivity contribution in [2.75, 3.05) is 5.32 Å². The van der Waals surface area contributed by atoms with Crippen LogP contribution in [0.1, 0.15) is 76.6 Å². The molecule has 0 aliphatic heterocycles. The highest BCUT2D eigenvalue weighted by molar-refractivity contribution is 7.80. The summed E-state index contributed by atoms with van der Waals surface area (Å²) < 4.78 is 0. The first kappa shape index (κ1) is 20.4. The minimum absolute atomic E-state index is 0.156. The van der Waals surface area contributed by atoms with E-state index < -0.39 is 0 Å². The summed E-state index contributed by atoms with van der Waals surface area (Å²) in [7, 11) is 0. The van der Waals surface area contributed by atoms with Crippen molar-refractivity contribution < 1.29 is 0 Å². The standard InChI is InChI=1S/C23H32N2S/c1-7-16(2)18-10-14-21(15-11-18)25-22(26)24-17(3)19-8-12-20(13-9-19)23(4,5)6/h8-17H,7H2,1-6H3,(H2,24,25,26). The van der Waals surface area contributed by atoms with Crippen molar-refractivity contribution in [3.63, 3.8) is 0 Å². The van der Waals surface area contributed by atoms with Crippen molar-refractivity contribution in [1.82, 2.24) is 5.32 Å². The van der Waals surface area contributed by atoms with Crippen LogP contribution in [0, 0.1) is 0 Å². The Kier molecular flexibility index (Phi) is 6.82. The average Bonchev–Trinajstić information content (AvgIpc) is 2.61. The molecule has 2 aromatic carbocycles. The Balaban J connectivity index is 1.94. The maximum absolute atomic E-state index is 5.48. The van der Waals surface area contributed by atoms with Gasteiger partial charge in [0.1, 0.15) is 0 Å². The van der Waals surface area contributed by atoms with Crippen LogP contribution in [0.3, 0.4) is 0 Å². The van der Waals surface area contributed by atoms with E-state index in [0.29, 0.717) is 11.0 Å². The van der Waals surface area contributed by atoms with Crippen molar-refractivity contribution in [2.24, 2.45) is 0 Å². The van der Waals surface area contributed by atoms with Gasteiger partial charge in [0.05, 0.1) is 6.04 Å². The maximum atomic E-state index is 5.48. The van der Waals surface area contributed by atoms with Gasteiger partial charge in [-0.25, -0.2) is 0 Å². The third-order valence-electron chi connectivity index (χ3n) is 4.97. The summed E-state index contributed by atoms with van der Waals surface area (Å²) >= 11 is 5.48. The quantitative estimate of drug-likeness (QED) is 0.585. The van der Waals surface area contributed by atoms with Crippen molar-refractivity contribution in [1.29, 1.82) is 0 Å². The molecule has 0 saturated carbocycles. The highest BCUT2D eigenvalue weighted by Gasteiger charge is 2.14. The fourth-order valence-electron chi connectivity index (χ4n) is 2.85. The Morgan fingerprint density at radius 3 is 1.96 bits per heavy atom. The van der Waals surface area contributed by atoms with Gasteiger partial charge in [-0.2, -0.15) is 0 Å². The molecule has 0 saturated heterocycles. The molecule has 2 atom stereocenters. The Morgan fingerprint density at radius 1 is 0.923 bits per heavy atom. The predicted octanol–water partition coefficient (Wildman–Crippen LogP) is 6.55. The zero-order valence-electron chi connectivity index (χ0n) is 16.9. The Labute approximate surface area is 164 Å². The fraction of sp³-hybridized carbons (Fsp3) is 0.435. The molecule has 2 N–H and O–H groups in total. The number of nitrogens with one attached hydrogen (secondary N) is 2. The van der Waals surface area contributed by atoms with Gasteiger partial charge in [0, 0.05) is 5.69 Å². The zero-order valence-corrected chi connectivity index (χ0v) is 17.7. The second kappa shape index (κ2) is 8.68. The van der Waals surface area contributed by atoms with E-state index in [0.717, 1.165) is 12.1 Å². The molecule has 0 radical (unpaired) electrons. The SMILES string of the molecule is CCC(C)c1ccc(NC(=S)NC(C)c2ccc(C(C)(C)C)cc2)cc1. The summed E-state index contributed by atoms with van der Waals surface area (Å²) in [6.45, 7) is 13.3. The van der Waals surface area contributed by atoms with Crippen molar-refractivity contribution >= 4 is 23.0 Å². The molecule has 0 fully saturated rings. The predicted molar refractivity (Wildman–Crippen MR) is 118 cm³/mol. The first-order valence-corrected chi connectivity index (χ1v) is 9.89. The number of benzene rings is 2. The lowest BCUT2D eigenvalue weighted by atomic mass is 9.86. The van der Waals surface area contributed by atoms with Crippen LogP contribution in [0.2, 0.25) is 0 Å². The lowest BCUT2D eigenvalue weighted by Crippen LogP contribution is -2.30. The van der Waals surface area contributed by atoms with E-state index >= 15 is 0 Å². The van der Waals surface area contributed by atoms with Crippen LogP contribution in [-0.4, -0.2) is 5.11 Å². The summed E-state index contributed by atoms with van der Waals surface area (Å²) in [5, 5.41) is 7.30. The van der Waals surface area contributed by atoms with Crippen LogP contribution in [0.5, 0.6) is 0 Å². The number of hydrogen-bond acceptors (Lipinski definition) is 1. The van der Waals surface area contributed by atoms with Gasteiger partial charge in [-0.15, -0.1) is 0 Å². The van der Waals surface area contributed by atoms with Crippen LogP contribution in [0.15, 0.2) is 48.5 Å². The number of thiocarbonyl (C=S) groups is 1. The number of rotatable bonds is 5. The smallest absolute Gasteiger partial charge is 0.171 e. The number of hydrogen-bond donors (Lipinski definition) is 2. The van der Waals surface area contributed by atoms with E-state index in [1.807, 2.05) is 0 Å². The molecule has 2 unspecified atom stereocenters. The summed E-state index contributed by atoms with van der Waals surface area (Å²) in [6, 6.07) is 17.5. The second-order valence-electron chi connectivity index (χ2n) is 8.12. The zero-order chi connectivity index (χ0) is 19.3. The first-order chi connectivity index (χ1) is 12.2. The van der Waals surface area contributed by atoms with Crippen LogP contribution in [0.4, 0.5) is 5.69 Å². The second-order valence-corrected chi connectivity index (χ2v) is 8.53. The van der Waals surface area contributed by atoms with Crippen molar-refractivity contribution in [2.45, 2.75) is 65.3 Å². The van der Waals surface area contributed by atoms with Gasteiger partial charge in [-0.3, -0.25) is 0 Å². The molecule has 3 heteroatoms. The molecule has 2 rings (SSSR count). The van der Waals surface area contributed by atoms with E-state index in [1.54, 1.807) is 0 Å². The molecule has 0 amide bonds. The van der Waals surface area contributed by atoms with E-state index in [9.17, 15) is 0 Å². The van der Waals surface area contributed by atoms with Crippen LogP contribution in [-0.2, 0) is 5.41 Å². The lowest BCUT2D eigenvalue weighted by Gasteiger charge is -2.21. The third kappa shape index (κ3) is 5.57. The molecule has 2 nitrogen and oxygen atoms in total. The molecule has 0 aliphatic carbocycles. The van der Waals surface area contributed by atoms with Gasteiger partial charge in [0.25, 0.3) is 0 Å². The molecule has 0 heterocycles. The average molecular weight is 369 g/mol. The molecule has 140 valence electrons. The Morgan fingerprint density at radius 2 is 1.46 bits per heavy atom. The molecular weight excluding hydrogens is 336 g/mol. The summed E-state index contributed by atoms with van der Waals surface area (Å²) in [6.07, 6.45) is 1.15. The monoisotopic (exact) mass is 368 g/mol. The van der Waals surface area contributed by atoms with E-state index in [4.69, 9.17) is 12.2 Å². The maximum Gasteiger partial charge on any atom is 0.171 e. The Bertz CT molecular complexity index is 711. The van der Waals surface area contributed by atoms with Gasteiger partial charge in [0.2, 0.25) is 0 Å². The summed E-state index contributed by atoms with van der Waals surface area (Å²) in [4.78, 5) is 0. The van der Waals surface area contributed by atoms with E-state index in [1.165, 1.54) is 16.7 Å². The van der Waals surface area contributed by atoms with E-state index in [2.05, 4.69) is 101 Å². The molecule has 2 aromatic rings. The largest absolute Gasteiger partial charge is 0.356 e. The number of anilines is 1. The van der Waals surface area contributed by atoms with Crippen LogP contribution >= 0.6 is 12.2 Å². The topological polar surface area (TPSA) is 24.1 Å². The van der Waals surface area contributed by atoms with Gasteiger partial charge in [0.15, 0.2) is 5.11 Å². The molecule has 0 aliphatic rings. The first-order valence-electron chi connectivity index (χ1n) is 9.48. The summed E-state index contributed by atoms with van der Waals surface area (Å²) in [5.74, 6) is 0.588. The molecule has 0 spiro atoms. The minimum Gasteiger partial charge on any atom is -0.356 e. The third-order valence-corrected chi connectivity index (χ3v) is 5.19.